The molecule has 1 amide bonds. The second kappa shape index (κ2) is 7.12. The lowest BCUT2D eigenvalue weighted by molar-refractivity contribution is -0.122. The zero-order chi connectivity index (χ0) is 18.0. The second-order valence-electron chi connectivity index (χ2n) is 7.72. The van der Waals surface area contributed by atoms with Crippen molar-refractivity contribution < 1.29 is 4.79 Å². The fraction of sp³-hybridized carbons (Fsp3) is 0.409. The Morgan fingerprint density at radius 2 is 1.77 bits per heavy atom. The number of amides is 1. The highest BCUT2D eigenvalue weighted by atomic mass is 16.1. The molecule has 4 heteroatoms. The van der Waals surface area contributed by atoms with Gasteiger partial charge >= 0.3 is 0 Å². The Kier molecular flexibility index (Phi) is 4.68. The average Bonchev–Trinajstić information content (AvgIpc) is 2.64. The first-order valence-corrected chi connectivity index (χ1v) is 9.53. The molecule has 0 aliphatic carbocycles. The van der Waals surface area contributed by atoms with E-state index in [1.54, 1.807) is 0 Å². The normalized spacial score (nSPS) is 19.8. The zero-order valence-corrected chi connectivity index (χ0v) is 15.4. The Balaban J connectivity index is 1.48. The Morgan fingerprint density at radius 1 is 1.04 bits per heavy atom. The Bertz CT molecular complexity index is 793. The summed E-state index contributed by atoms with van der Waals surface area (Å²) in [6.45, 7) is 5.80. The molecular formula is C22H27N3O. The summed E-state index contributed by atoms with van der Waals surface area (Å²) in [5, 5.41) is 6.83. The van der Waals surface area contributed by atoms with Gasteiger partial charge in [0.15, 0.2) is 0 Å². The highest BCUT2D eigenvalue weighted by Crippen LogP contribution is 2.33. The minimum atomic E-state index is -0.136. The number of anilines is 1. The first-order chi connectivity index (χ1) is 12.6. The van der Waals surface area contributed by atoms with Crippen LogP contribution in [0.4, 0.5) is 5.69 Å². The highest BCUT2D eigenvalue weighted by molar-refractivity contribution is 5.79. The van der Waals surface area contributed by atoms with Crippen LogP contribution in [0.25, 0.3) is 0 Å². The topological polar surface area (TPSA) is 44.4 Å². The Morgan fingerprint density at radius 3 is 2.58 bits per heavy atom. The van der Waals surface area contributed by atoms with Crippen LogP contribution in [-0.2, 0) is 17.9 Å². The van der Waals surface area contributed by atoms with Crippen LogP contribution < -0.4 is 10.6 Å². The van der Waals surface area contributed by atoms with E-state index in [9.17, 15) is 4.79 Å². The van der Waals surface area contributed by atoms with Gasteiger partial charge in [0.25, 0.3) is 0 Å². The van der Waals surface area contributed by atoms with Gasteiger partial charge in [0.2, 0.25) is 5.91 Å². The molecule has 1 saturated heterocycles. The van der Waals surface area contributed by atoms with Crippen LogP contribution >= 0.6 is 0 Å². The number of likely N-dealkylation sites (tertiary alicyclic amines) is 1. The molecule has 2 N–H and O–H groups in total. The van der Waals surface area contributed by atoms with Gasteiger partial charge in [-0.1, -0.05) is 42.5 Å². The summed E-state index contributed by atoms with van der Waals surface area (Å²) in [5.41, 5.74) is 4.95. The number of para-hydroxylation sites is 1. The maximum absolute atomic E-state index is 12.4. The predicted octanol–water partition coefficient (Wildman–Crippen LogP) is 3.46. The van der Waals surface area contributed by atoms with E-state index in [1.807, 2.05) is 6.07 Å². The third kappa shape index (κ3) is 3.61. The molecule has 1 fully saturated rings. The summed E-state index contributed by atoms with van der Waals surface area (Å²) >= 11 is 0. The number of carbonyl (C=O) groups excluding carboxylic acids is 1. The van der Waals surface area contributed by atoms with Crippen molar-refractivity contribution in [2.24, 2.45) is 0 Å². The van der Waals surface area contributed by atoms with Crippen molar-refractivity contribution >= 4 is 11.6 Å². The highest BCUT2D eigenvalue weighted by Gasteiger charge is 2.37. The molecule has 0 saturated carbocycles. The molecule has 0 atom stereocenters. The molecule has 2 aromatic carbocycles. The Hall–Kier alpha value is -2.33. The van der Waals surface area contributed by atoms with Crippen molar-refractivity contribution in [2.45, 2.75) is 44.8 Å². The zero-order valence-electron chi connectivity index (χ0n) is 15.4. The van der Waals surface area contributed by atoms with E-state index in [0.29, 0.717) is 13.0 Å². The lowest BCUT2D eigenvalue weighted by Crippen LogP contribution is -2.52. The first-order valence-electron chi connectivity index (χ1n) is 9.53. The van der Waals surface area contributed by atoms with Crippen LogP contribution in [0.2, 0.25) is 0 Å². The van der Waals surface area contributed by atoms with Gasteiger partial charge in [-0.05, 0) is 42.5 Å². The molecule has 2 aliphatic rings. The van der Waals surface area contributed by atoms with E-state index in [1.165, 1.54) is 22.4 Å². The first kappa shape index (κ1) is 17.1. The van der Waals surface area contributed by atoms with Crippen molar-refractivity contribution in [3.05, 3.63) is 65.2 Å². The van der Waals surface area contributed by atoms with Crippen LogP contribution in [-0.4, -0.2) is 29.4 Å². The van der Waals surface area contributed by atoms with Crippen molar-refractivity contribution in [3.8, 4) is 0 Å². The summed E-state index contributed by atoms with van der Waals surface area (Å²) in [7, 11) is 0. The van der Waals surface area contributed by atoms with Crippen LogP contribution in [0.1, 0.15) is 36.0 Å². The number of nitrogens with one attached hydrogen (secondary N) is 2. The lowest BCUT2D eigenvalue weighted by Gasteiger charge is -2.44. The number of hydrogen-bond acceptors (Lipinski definition) is 3. The van der Waals surface area contributed by atoms with E-state index in [2.05, 4.69) is 64.9 Å². The molecule has 4 nitrogen and oxygen atoms in total. The number of fused-ring (bicyclic) bond motifs is 1. The van der Waals surface area contributed by atoms with E-state index in [-0.39, 0.29) is 11.4 Å². The standard InChI is InChI=1S/C22H27N3O/c1-17-6-2-3-8-19(17)16-25-12-10-22(11-13-25)14-21(26)23-15-18-7-4-5-9-20(18)24-22/h2-9,24H,10-16H2,1H3,(H,23,26). The number of carbonyl (C=O) groups is 1. The fourth-order valence-electron chi connectivity index (χ4n) is 4.16. The molecule has 0 unspecified atom stereocenters. The fourth-order valence-corrected chi connectivity index (χ4v) is 4.16. The molecule has 2 aromatic rings. The summed E-state index contributed by atoms with van der Waals surface area (Å²) in [5.74, 6) is 0.152. The molecule has 26 heavy (non-hydrogen) atoms. The van der Waals surface area contributed by atoms with E-state index >= 15 is 0 Å². The monoisotopic (exact) mass is 349 g/mol. The average molecular weight is 349 g/mol. The summed E-state index contributed by atoms with van der Waals surface area (Å²) in [4.78, 5) is 14.9. The number of benzene rings is 2. The number of hydrogen-bond donors (Lipinski definition) is 2. The molecule has 2 heterocycles. The maximum atomic E-state index is 12.4. The van der Waals surface area contributed by atoms with E-state index in [0.717, 1.165) is 32.5 Å². The SMILES string of the molecule is Cc1ccccc1CN1CCC2(CC1)CC(=O)NCc1ccccc1N2. The smallest absolute Gasteiger partial charge is 0.222 e. The van der Waals surface area contributed by atoms with E-state index in [4.69, 9.17) is 0 Å². The van der Waals surface area contributed by atoms with Crippen LogP contribution in [0.3, 0.4) is 0 Å². The molecule has 136 valence electrons. The summed E-state index contributed by atoms with van der Waals surface area (Å²) in [6, 6.07) is 16.9. The Labute approximate surface area is 155 Å². The van der Waals surface area contributed by atoms with E-state index < -0.39 is 0 Å². The van der Waals surface area contributed by atoms with Crippen molar-refractivity contribution in [1.29, 1.82) is 0 Å². The molecule has 0 radical (unpaired) electrons. The number of aryl methyl sites for hydroxylation is 1. The maximum Gasteiger partial charge on any atom is 0.222 e. The third-order valence-corrected chi connectivity index (χ3v) is 5.86. The predicted molar refractivity (Wildman–Crippen MR) is 105 cm³/mol. The van der Waals surface area contributed by atoms with Gasteiger partial charge < -0.3 is 10.6 Å². The molecule has 1 spiro atoms. The second-order valence-corrected chi connectivity index (χ2v) is 7.72. The summed E-state index contributed by atoms with van der Waals surface area (Å²) in [6.07, 6.45) is 2.53. The van der Waals surface area contributed by atoms with Gasteiger partial charge in [0.1, 0.15) is 0 Å². The van der Waals surface area contributed by atoms with Gasteiger partial charge in [-0.2, -0.15) is 0 Å². The van der Waals surface area contributed by atoms with Crippen molar-refractivity contribution in [2.75, 3.05) is 18.4 Å². The van der Waals surface area contributed by atoms with Crippen LogP contribution in [0, 0.1) is 6.92 Å². The van der Waals surface area contributed by atoms with Gasteiger partial charge in [-0.3, -0.25) is 9.69 Å². The number of nitrogens with zero attached hydrogens (tertiary/aromatic N) is 1. The van der Waals surface area contributed by atoms with Crippen molar-refractivity contribution in [1.82, 2.24) is 10.2 Å². The van der Waals surface area contributed by atoms with Gasteiger partial charge in [-0.25, -0.2) is 0 Å². The molecular weight excluding hydrogens is 322 g/mol. The van der Waals surface area contributed by atoms with Gasteiger partial charge in [0, 0.05) is 43.8 Å². The quantitative estimate of drug-likeness (QED) is 0.873. The third-order valence-electron chi connectivity index (χ3n) is 5.86. The molecule has 0 aromatic heterocycles. The van der Waals surface area contributed by atoms with Gasteiger partial charge in [0.05, 0.1) is 0 Å². The van der Waals surface area contributed by atoms with Crippen molar-refractivity contribution in [3.63, 3.8) is 0 Å². The largest absolute Gasteiger partial charge is 0.379 e. The molecule has 0 bridgehead atoms. The minimum absolute atomic E-state index is 0.136. The molecule has 4 rings (SSSR count). The molecule has 2 aliphatic heterocycles. The number of piperidine rings is 1. The minimum Gasteiger partial charge on any atom is -0.379 e. The summed E-state index contributed by atoms with van der Waals surface area (Å²) < 4.78 is 0. The van der Waals surface area contributed by atoms with Crippen LogP contribution in [0.15, 0.2) is 48.5 Å². The van der Waals surface area contributed by atoms with Crippen LogP contribution in [0.5, 0.6) is 0 Å². The van der Waals surface area contributed by atoms with Gasteiger partial charge in [-0.15, -0.1) is 0 Å². The lowest BCUT2D eigenvalue weighted by atomic mass is 9.82. The number of rotatable bonds is 2.